The number of aromatic nitrogens is 3. The lowest BCUT2D eigenvalue weighted by Crippen LogP contribution is -2.55. The monoisotopic (exact) mass is 545 g/mol. The van der Waals surface area contributed by atoms with Gasteiger partial charge in [0.25, 0.3) is 0 Å². The van der Waals surface area contributed by atoms with E-state index in [1.165, 1.54) is 15.2 Å². The predicted octanol–water partition coefficient (Wildman–Crippen LogP) is 3.73. The van der Waals surface area contributed by atoms with Crippen molar-refractivity contribution in [2.45, 2.75) is 25.6 Å². The molecule has 2 aromatic carbocycles. The van der Waals surface area contributed by atoms with Crippen LogP contribution in [0.15, 0.2) is 65.5 Å². The van der Waals surface area contributed by atoms with E-state index >= 15 is 0 Å². The number of H-pyrrole nitrogens is 1. The molecule has 0 aliphatic carbocycles. The number of alkyl halides is 3. The number of pyridine rings is 1. The molecule has 200 valence electrons. The number of anilines is 1. The topological polar surface area (TPSA) is 91.3 Å². The molecule has 8 nitrogen and oxygen atoms in total. The SMILES string of the molecule is Cc1c2cc(N3CCN(S(C)(=O)=O)C[C@H]3Cc3ccccc3)ccc2nn1-c1cc(=O)cc(C(F)(F)F)[nH]1. The number of hydrogen-bond donors (Lipinski definition) is 1. The highest BCUT2D eigenvalue weighted by molar-refractivity contribution is 7.88. The van der Waals surface area contributed by atoms with Crippen molar-refractivity contribution in [2.24, 2.45) is 0 Å². The molecule has 0 bridgehead atoms. The molecule has 1 aliphatic rings. The normalized spacial score (nSPS) is 17.3. The number of piperazine rings is 1. The summed E-state index contributed by atoms with van der Waals surface area (Å²) in [5, 5.41) is 5.15. The van der Waals surface area contributed by atoms with Gasteiger partial charge in [-0.05, 0) is 37.1 Å². The van der Waals surface area contributed by atoms with Crippen LogP contribution < -0.4 is 10.3 Å². The van der Waals surface area contributed by atoms with Gasteiger partial charge in [-0.1, -0.05) is 30.3 Å². The molecule has 0 spiro atoms. The Balaban J connectivity index is 1.53. The molecular weight excluding hydrogens is 519 g/mol. The Hall–Kier alpha value is -3.64. The van der Waals surface area contributed by atoms with Crippen LogP contribution >= 0.6 is 0 Å². The van der Waals surface area contributed by atoms with Crippen LogP contribution in [0.3, 0.4) is 0 Å². The van der Waals surface area contributed by atoms with Gasteiger partial charge in [0.2, 0.25) is 10.0 Å². The fraction of sp³-hybridized carbons (Fsp3) is 0.308. The van der Waals surface area contributed by atoms with Crippen LogP contribution in [0.25, 0.3) is 16.7 Å². The van der Waals surface area contributed by atoms with Gasteiger partial charge in [-0.25, -0.2) is 13.1 Å². The molecular formula is C26H26F3N5O3S. The maximum absolute atomic E-state index is 13.3. The molecule has 1 saturated heterocycles. The van der Waals surface area contributed by atoms with Gasteiger partial charge in [0.05, 0.1) is 17.5 Å². The fourth-order valence-electron chi connectivity index (χ4n) is 4.94. The predicted molar refractivity (Wildman–Crippen MR) is 139 cm³/mol. The number of sulfonamides is 1. The summed E-state index contributed by atoms with van der Waals surface area (Å²) in [5.74, 6) is -0.0798. The van der Waals surface area contributed by atoms with Gasteiger partial charge in [0.15, 0.2) is 5.43 Å². The van der Waals surface area contributed by atoms with Crippen molar-refractivity contribution in [2.75, 3.05) is 30.8 Å². The number of nitrogens with zero attached hydrogens (tertiary/aromatic N) is 4. The van der Waals surface area contributed by atoms with E-state index < -0.39 is 27.3 Å². The summed E-state index contributed by atoms with van der Waals surface area (Å²) in [6.07, 6.45) is -2.86. The molecule has 0 amide bonds. The zero-order chi connectivity index (χ0) is 27.2. The minimum absolute atomic E-state index is 0.0798. The molecule has 0 radical (unpaired) electrons. The largest absolute Gasteiger partial charge is 0.431 e. The van der Waals surface area contributed by atoms with Crippen molar-refractivity contribution < 1.29 is 21.6 Å². The zero-order valence-corrected chi connectivity index (χ0v) is 21.6. The molecule has 0 unspecified atom stereocenters. The second kappa shape index (κ2) is 9.59. The Labute approximate surface area is 217 Å². The summed E-state index contributed by atoms with van der Waals surface area (Å²) < 4.78 is 67.2. The quantitative estimate of drug-likeness (QED) is 0.413. The second-order valence-corrected chi connectivity index (χ2v) is 11.5. The van der Waals surface area contributed by atoms with Crippen LogP contribution in [0, 0.1) is 6.92 Å². The summed E-state index contributed by atoms with van der Waals surface area (Å²) in [4.78, 5) is 16.4. The van der Waals surface area contributed by atoms with E-state index in [-0.39, 0.29) is 11.9 Å². The molecule has 0 saturated carbocycles. The number of nitrogens with one attached hydrogen (secondary N) is 1. The molecule has 12 heteroatoms. The van der Waals surface area contributed by atoms with Gasteiger partial charge in [-0.15, -0.1) is 0 Å². The first-order chi connectivity index (χ1) is 17.9. The van der Waals surface area contributed by atoms with Crippen LogP contribution in [0.4, 0.5) is 18.9 Å². The van der Waals surface area contributed by atoms with Crippen LogP contribution in [-0.4, -0.2) is 59.4 Å². The number of aromatic amines is 1. The fourth-order valence-corrected chi connectivity index (χ4v) is 5.79. The Kier molecular flexibility index (Phi) is 6.56. The molecule has 1 atom stereocenters. The molecule has 1 fully saturated rings. The minimum Gasteiger partial charge on any atom is -0.366 e. The van der Waals surface area contributed by atoms with Crippen LogP contribution in [0.5, 0.6) is 0 Å². The summed E-state index contributed by atoms with van der Waals surface area (Å²) in [6.45, 7) is 2.87. The Morgan fingerprint density at radius 2 is 1.79 bits per heavy atom. The first kappa shape index (κ1) is 26.0. The number of fused-ring (bicyclic) bond motifs is 1. The summed E-state index contributed by atoms with van der Waals surface area (Å²) in [6, 6.07) is 16.9. The number of benzene rings is 2. The Morgan fingerprint density at radius 1 is 1.05 bits per heavy atom. The van der Waals surface area contributed by atoms with E-state index in [9.17, 15) is 26.4 Å². The lowest BCUT2D eigenvalue weighted by Gasteiger charge is -2.42. The standard InChI is InChI=1S/C26H26F3N5O3S/c1-17-22-13-19(8-9-23(22)31-34(17)25-15-21(35)14-24(30-25)26(27,28)29)33-11-10-32(38(2,36)37)16-20(33)12-18-6-4-3-5-7-18/h3-9,13-15,20H,10-12,16H2,1-2H3,(H,30,35)/t20-/m1/s1. The van der Waals surface area contributed by atoms with Crippen LogP contribution in [0.2, 0.25) is 0 Å². The third-order valence-corrected chi connectivity index (χ3v) is 8.09. The summed E-state index contributed by atoms with van der Waals surface area (Å²) >= 11 is 0. The van der Waals surface area contributed by atoms with Crippen LogP contribution in [0.1, 0.15) is 17.0 Å². The van der Waals surface area contributed by atoms with Gasteiger partial charge in [0, 0.05) is 48.9 Å². The number of halogens is 3. The zero-order valence-electron chi connectivity index (χ0n) is 20.7. The van der Waals surface area contributed by atoms with E-state index in [4.69, 9.17) is 0 Å². The highest BCUT2D eigenvalue weighted by Crippen LogP contribution is 2.31. The lowest BCUT2D eigenvalue weighted by atomic mass is 10.0. The summed E-state index contributed by atoms with van der Waals surface area (Å²) in [7, 11) is -3.36. The van der Waals surface area contributed by atoms with E-state index in [1.807, 2.05) is 42.5 Å². The molecule has 3 heterocycles. The van der Waals surface area contributed by atoms with Gasteiger partial charge in [-0.3, -0.25) is 4.79 Å². The molecule has 38 heavy (non-hydrogen) atoms. The summed E-state index contributed by atoms with van der Waals surface area (Å²) in [5.41, 5.74) is 1.12. The van der Waals surface area contributed by atoms with E-state index in [1.54, 1.807) is 13.0 Å². The number of rotatable bonds is 5. The number of hydrogen-bond acceptors (Lipinski definition) is 5. The Bertz CT molecular complexity index is 1650. The molecule has 1 aliphatic heterocycles. The number of aryl methyl sites for hydroxylation is 1. The maximum atomic E-state index is 13.3. The first-order valence-electron chi connectivity index (χ1n) is 12.0. The first-order valence-corrected chi connectivity index (χ1v) is 13.8. The van der Waals surface area contributed by atoms with Gasteiger partial charge >= 0.3 is 6.18 Å². The molecule has 5 rings (SSSR count). The average molecular weight is 546 g/mol. The lowest BCUT2D eigenvalue weighted by molar-refractivity contribution is -0.141. The highest BCUT2D eigenvalue weighted by Gasteiger charge is 2.33. The average Bonchev–Trinajstić information content (AvgIpc) is 3.19. The van der Waals surface area contributed by atoms with Gasteiger partial charge in [-0.2, -0.15) is 22.6 Å². The van der Waals surface area contributed by atoms with Gasteiger partial charge in [0.1, 0.15) is 11.5 Å². The maximum Gasteiger partial charge on any atom is 0.431 e. The molecule has 2 aromatic heterocycles. The van der Waals surface area contributed by atoms with Crippen molar-refractivity contribution in [3.05, 3.63) is 87.8 Å². The van der Waals surface area contributed by atoms with Crippen molar-refractivity contribution in [3.63, 3.8) is 0 Å². The molecule has 4 aromatic rings. The van der Waals surface area contributed by atoms with Crippen LogP contribution in [-0.2, 0) is 22.6 Å². The minimum atomic E-state index is -4.70. The third kappa shape index (κ3) is 5.18. The van der Waals surface area contributed by atoms with E-state index in [2.05, 4.69) is 15.0 Å². The van der Waals surface area contributed by atoms with Crippen molar-refractivity contribution >= 4 is 26.6 Å². The van der Waals surface area contributed by atoms with Crippen molar-refractivity contribution in [1.29, 1.82) is 0 Å². The van der Waals surface area contributed by atoms with Crippen molar-refractivity contribution in [3.8, 4) is 5.82 Å². The third-order valence-electron chi connectivity index (χ3n) is 6.82. The molecule has 1 N–H and O–H groups in total. The van der Waals surface area contributed by atoms with E-state index in [0.29, 0.717) is 48.7 Å². The van der Waals surface area contributed by atoms with E-state index in [0.717, 1.165) is 17.3 Å². The second-order valence-electron chi connectivity index (χ2n) is 9.47. The Morgan fingerprint density at radius 3 is 2.47 bits per heavy atom. The smallest absolute Gasteiger partial charge is 0.366 e. The highest BCUT2D eigenvalue weighted by atomic mass is 32.2. The van der Waals surface area contributed by atoms with Crippen molar-refractivity contribution in [1.82, 2.24) is 19.1 Å². The van der Waals surface area contributed by atoms with Gasteiger partial charge < -0.3 is 9.88 Å².